The van der Waals surface area contributed by atoms with E-state index in [1.54, 1.807) is 0 Å². The second kappa shape index (κ2) is 8.22. The van der Waals surface area contributed by atoms with Gasteiger partial charge in [-0.25, -0.2) is 14.5 Å². The van der Waals surface area contributed by atoms with Crippen LogP contribution in [0.25, 0.3) is 6.08 Å². The number of nitrogens with one attached hydrogen (secondary N) is 1. The highest BCUT2D eigenvalue weighted by atomic mass is 16.6. The number of benzene rings is 2. The van der Waals surface area contributed by atoms with Crippen LogP contribution in [0.4, 0.5) is 16.2 Å². The first-order valence-corrected chi connectivity index (χ1v) is 8.37. The molecule has 2 N–H and O–H groups in total. The van der Waals surface area contributed by atoms with Gasteiger partial charge in [-0.15, -0.1) is 0 Å². The lowest BCUT2D eigenvalue weighted by molar-refractivity contribution is -0.384. The van der Waals surface area contributed by atoms with Gasteiger partial charge in [0.2, 0.25) is 0 Å². The van der Waals surface area contributed by atoms with E-state index in [0.29, 0.717) is 10.5 Å². The third kappa shape index (κ3) is 4.30. The Morgan fingerprint density at radius 3 is 2.60 bits per heavy atom. The van der Waals surface area contributed by atoms with Crippen LogP contribution in [-0.2, 0) is 14.4 Å². The number of carbonyl (C=O) groups excluding carboxylic acids is 3. The number of urea groups is 1. The molecule has 11 nitrogen and oxygen atoms in total. The number of nitro benzene ring substituents is 1. The van der Waals surface area contributed by atoms with E-state index in [1.807, 2.05) is 5.32 Å². The number of carboxylic acids is 1. The summed E-state index contributed by atoms with van der Waals surface area (Å²) >= 11 is 0. The number of nitrogens with zero attached hydrogens (tertiary/aromatic N) is 2. The van der Waals surface area contributed by atoms with Gasteiger partial charge in [0.1, 0.15) is 11.3 Å². The number of anilines is 1. The van der Waals surface area contributed by atoms with E-state index < -0.39 is 40.9 Å². The van der Waals surface area contributed by atoms with Crippen molar-refractivity contribution in [3.8, 4) is 5.75 Å². The molecule has 2 aromatic rings. The van der Waals surface area contributed by atoms with E-state index in [4.69, 9.17) is 9.84 Å². The SMILES string of the molecule is O=C(O)COc1cccc(/C=C2/C(=O)NC(=O)N(c3cccc([N+](=O)[O-])c3)C2=O)c1. The molecule has 0 spiro atoms. The number of amides is 4. The monoisotopic (exact) mass is 411 g/mol. The number of aliphatic carboxylic acids is 1. The lowest BCUT2D eigenvalue weighted by Crippen LogP contribution is -2.54. The Morgan fingerprint density at radius 1 is 1.17 bits per heavy atom. The van der Waals surface area contributed by atoms with Crippen LogP contribution in [0.3, 0.4) is 0 Å². The van der Waals surface area contributed by atoms with Crippen molar-refractivity contribution in [3.05, 3.63) is 69.8 Å². The molecule has 0 radical (unpaired) electrons. The molecule has 0 aromatic heterocycles. The average molecular weight is 411 g/mol. The van der Waals surface area contributed by atoms with Crippen LogP contribution in [-0.4, -0.2) is 40.5 Å². The van der Waals surface area contributed by atoms with Crippen LogP contribution in [0, 0.1) is 10.1 Å². The maximum Gasteiger partial charge on any atom is 0.341 e. The summed E-state index contributed by atoms with van der Waals surface area (Å²) in [7, 11) is 0. The summed E-state index contributed by atoms with van der Waals surface area (Å²) in [5.41, 5.74) is -0.469. The van der Waals surface area contributed by atoms with Gasteiger partial charge in [0.25, 0.3) is 17.5 Å². The number of hydrogen-bond donors (Lipinski definition) is 2. The second-order valence-electron chi connectivity index (χ2n) is 5.99. The van der Waals surface area contributed by atoms with Crippen molar-refractivity contribution in [2.45, 2.75) is 0 Å². The Hall–Kier alpha value is -4.54. The molecule has 0 atom stereocenters. The number of imide groups is 2. The van der Waals surface area contributed by atoms with Crippen molar-refractivity contribution in [1.82, 2.24) is 5.32 Å². The van der Waals surface area contributed by atoms with E-state index in [2.05, 4.69) is 0 Å². The van der Waals surface area contributed by atoms with Gasteiger partial charge in [0.15, 0.2) is 6.61 Å². The zero-order valence-electron chi connectivity index (χ0n) is 15.1. The summed E-state index contributed by atoms with van der Waals surface area (Å²) in [4.78, 5) is 58.8. The van der Waals surface area contributed by atoms with E-state index in [9.17, 15) is 29.3 Å². The lowest BCUT2D eigenvalue weighted by atomic mass is 10.1. The highest BCUT2D eigenvalue weighted by Crippen LogP contribution is 2.26. The first-order valence-electron chi connectivity index (χ1n) is 8.37. The number of carbonyl (C=O) groups is 4. The summed E-state index contributed by atoms with van der Waals surface area (Å²) in [6.45, 7) is -0.575. The fraction of sp³-hybridized carbons (Fsp3) is 0.0526. The molecule has 0 bridgehead atoms. The quantitative estimate of drug-likeness (QED) is 0.315. The Morgan fingerprint density at radius 2 is 1.90 bits per heavy atom. The van der Waals surface area contributed by atoms with Crippen molar-refractivity contribution in [3.63, 3.8) is 0 Å². The summed E-state index contributed by atoms with van der Waals surface area (Å²) in [5, 5.41) is 21.7. The molecule has 152 valence electrons. The Bertz CT molecular complexity index is 1110. The molecule has 30 heavy (non-hydrogen) atoms. The normalized spacial score (nSPS) is 15.1. The third-order valence-electron chi connectivity index (χ3n) is 3.93. The number of rotatable bonds is 6. The van der Waals surface area contributed by atoms with Crippen molar-refractivity contribution in [1.29, 1.82) is 0 Å². The molecule has 1 aliphatic rings. The smallest absolute Gasteiger partial charge is 0.341 e. The number of ether oxygens (including phenoxy) is 1. The molecule has 1 fully saturated rings. The maximum absolute atomic E-state index is 12.8. The highest BCUT2D eigenvalue weighted by Gasteiger charge is 2.37. The second-order valence-corrected chi connectivity index (χ2v) is 5.99. The molecule has 11 heteroatoms. The van der Waals surface area contributed by atoms with Crippen LogP contribution >= 0.6 is 0 Å². The third-order valence-corrected chi connectivity index (χ3v) is 3.93. The van der Waals surface area contributed by atoms with Crippen molar-refractivity contribution in [2.75, 3.05) is 11.5 Å². The van der Waals surface area contributed by atoms with Gasteiger partial charge in [-0.3, -0.25) is 25.0 Å². The summed E-state index contributed by atoms with van der Waals surface area (Å²) < 4.78 is 5.05. The molecule has 1 aliphatic heterocycles. The number of non-ortho nitro benzene ring substituents is 1. The minimum atomic E-state index is -1.17. The van der Waals surface area contributed by atoms with Gasteiger partial charge in [0.05, 0.1) is 10.6 Å². The number of carboxylic acid groups (broad SMARTS) is 1. The minimum Gasteiger partial charge on any atom is -0.482 e. The topological polar surface area (TPSA) is 156 Å². The first kappa shape index (κ1) is 20.2. The zero-order valence-corrected chi connectivity index (χ0v) is 15.1. The predicted molar refractivity (Wildman–Crippen MR) is 102 cm³/mol. The molecule has 3 rings (SSSR count). The molecule has 0 saturated carbocycles. The summed E-state index contributed by atoms with van der Waals surface area (Å²) in [6.07, 6.45) is 1.20. The maximum atomic E-state index is 12.8. The Balaban J connectivity index is 1.95. The van der Waals surface area contributed by atoms with E-state index in [0.717, 1.165) is 6.07 Å². The molecular weight excluding hydrogens is 398 g/mol. The number of nitro groups is 1. The van der Waals surface area contributed by atoms with Crippen molar-refractivity contribution >= 4 is 41.3 Å². The molecule has 1 heterocycles. The van der Waals surface area contributed by atoms with E-state index in [1.165, 1.54) is 48.5 Å². The standard InChI is InChI=1S/C19H13N3O8/c23-16(24)10-30-14-6-1-3-11(7-14)8-15-17(25)20-19(27)21(18(15)26)12-4-2-5-13(9-12)22(28)29/h1-9H,10H2,(H,23,24)(H,20,25,27)/b15-8-. The number of hydrogen-bond acceptors (Lipinski definition) is 7. The molecule has 2 aromatic carbocycles. The first-order chi connectivity index (χ1) is 14.3. The van der Waals surface area contributed by atoms with Crippen LogP contribution in [0.1, 0.15) is 5.56 Å². The predicted octanol–water partition coefficient (Wildman–Crippen LogP) is 1.72. The van der Waals surface area contributed by atoms with Crippen LogP contribution in [0.15, 0.2) is 54.1 Å². The largest absolute Gasteiger partial charge is 0.482 e. The van der Waals surface area contributed by atoms with Crippen LogP contribution in [0.2, 0.25) is 0 Å². The lowest BCUT2D eigenvalue weighted by Gasteiger charge is -2.26. The fourth-order valence-corrected chi connectivity index (χ4v) is 2.64. The Labute approximate surface area is 168 Å². The van der Waals surface area contributed by atoms with Gasteiger partial charge >= 0.3 is 12.0 Å². The molecule has 4 amide bonds. The van der Waals surface area contributed by atoms with Gasteiger partial charge in [-0.1, -0.05) is 18.2 Å². The van der Waals surface area contributed by atoms with E-state index >= 15 is 0 Å². The average Bonchev–Trinajstić information content (AvgIpc) is 2.70. The van der Waals surface area contributed by atoms with Gasteiger partial charge in [-0.2, -0.15) is 0 Å². The van der Waals surface area contributed by atoms with Gasteiger partial charge in [-0.05, 0) is 29.8 Å². The molecule has 0 unspecified atom stereocenters. The minimum absolute atomic E-state index is 0.0800. The van der Waals surface area contributed by atoms with E-state index in [-0.39, 0.29) is 17.1 Å². The summed E-state index contributed by atoms with van der Waals surface area (Å²) in [6, 6.07) is 9.77. The molecular formula is C19H13N3O8. The van der Waals surface area contributed by atoms with Crippen LogP contribution in [0.5, 0.6) is 5.75 Å². The van der Waals surface area contributed by atoms with Crippen molar-refractivity contribution in [2.24, 2.45) is 0 Å². The highest BCUT2D eigenvalue weighted by molar-refractivity contribution is 6.39. The zero-order chi connectivity index (χ0) is 21.8. The fourth-order valence-electron chi connectivity index (χ4n) is 2.64. The van der Waals surface area contributed by atoms with Gasteiger partial charge in [0, 0.05) is 12.1 Å². The van der Waals surface area contributed by atoms with Crippen molar-refractivity contribution < 1.29 is 33.9 Å². The summed E-state index contributed by atoms with van der Waals surface area (Å²) in [5.74, 6) is -2.89. The molecule has 1 saturated heterocycles. The van der Waals surface area contributed by atoms with Crippen LogP contribution < -0.4 is 15.0 Å². The van der Waals surface area contributed by atoms with Gasteiger partial charge < -0.3 is 9.84 Å². The Kier molecular flexibility index (Phi) is 5.54. The number of barbiturate groups is 1. The molecule has 0 aliphatic carbocycles.